The number of aryl methyl sites for hydroxylation is 1. The zero-order valence-electron chi connectivity index (χ0n) is 9.95. The first-order valence-electron chi connectivity index (χ1n) is 6.10. The molecule has 1 unspecified atom stereocenters. The highest BCUT2D eigenvalue weighted by Gasteiger charge is 2.28. The number of hydrogen-bond donors (Lipinski definition) is 0. The third kappa shape index (κ3) is 1.63. The molecule has 1 atom stereocenters. The summed E-state index contributed by atoms with van der Waals surface area (Å²) in [5, 5.41) is 0. The van der Waals surface area contributed by atoms with Crippen LogP contribution in [0.5, 0.6) is 0 Å². The van der Waals surface area contributed by atoms with Crippen molar-refractivity contribution in [3.05, 3.63) is 28.3 Å². The van der Waals surface area contributed by atoms with Gasteiger partial charge >= 0.3 is 0 Å². The van der Waals surface area contributed by atoms with Gasteiger partial charge in [-0.2, -0.15) is 4.99 Å². The predicted octanol–water partition coefficient (Wildman–Crippen LogP) is 2.26. The van der Waals surface area contributed by atoms with Gasteiger partial charge in [-0.15, -0.1) is 0 Å². The van der Waals surface area contributed by atoms with Crippen molar-refractivity contribution in [2.24, 2.45) is 4.99 Å². The SMILES string of the molecule is COC1Cc2cc3c(c(N=C=O)c2C1)CCC3. The summed E-state index contributed by atoms with van der Waals surface area (Å²) in [5.74, 6) is 0. The maximum atomic E-state index is 10.6. The minimum atomic E-state index is 0.244. The van der Waals surface area contributed by atoms with Crippen molar-refractivity contribution in [2.75, 3.05) is 7.11 Å². The standard InChI is InChI=1S/C14H15NO2/c1-17-11-6-10-5-9-3-2-4-12(9)14(15-8-16)13(10)7-11/h5,11H,2-4,6-7H2,1H3. The van der Waals surface area contributed by atoms with Crippen LogP contribution >= 0.6 is 0 Å². The van der Waals surface area contributed by atoms with Gasteiger partial charge in [0.25, 0.3) is 0 Å². The molecular formula is C14H15NO2. The molecule has 1 aromatic rings. The smallest absolute Gasteiger partial charge is 0.240 e. The Morgan fingerprint density at radius 3 is 2.94 bits per heavy atom. The van der Waals surface area contributed by atoms with Crippen LogP contribution in [0.1, 0.15) is 28.7 Å². The molecule has 0 fully saturated rings. The van der Waals surface area contributed by atoms with Gasteiger partial charge in [0.2, 0.25) is 6.08 Å². The van der Waals surface area contributed by atoms with Gasteiger partial charge in [0.15, 0.2) is 0 Å². The highest BCUT2D eigenvalue weighted by molar-refractivity contribution is 5.66. The lowest BCUT2D eigenvalue weighted by Gasteiger charge is -2.09. The van der Waals surface area contributed by atoms with E-state index in [1.807, 2.05) is 0 Å². The number of nitrogens with zero attached hydrogens (tertiary/aromatic N) is 1. The van der Waals surface area contributed by atoms with Gasteiger partial charge in [0.05, 0.1) is 11.8 Å². The minimum Gasteiger partial charge on any atom is -0.381 e. The Kier molecular flexibility index (Phi) is 2.58. The summed E-state index contributed by atoms with van der Waals surface area (Å²) < 4.78 is 5.42. The zero-order chi connectivity index (χ0) is 11.8. The number of fused-ring (bicyclic) bond motifs is 2. The van der Waals surface area contributed by atoms with Gasteiger partial charge < -0.3 is 4.74 Å². The summed E-state index contributed by atoms with van der Waals surface area (Å²) in [4.78, 5) is 14.6. The van der Waals surface area contributed by atoms with Gasteiger partial charge in [-0.05, 0) is 47.9 Å². The molecule has 0 bridgehead atoms. The van der Waals surface area contributed by atoms with E-state index < -0.39 is 0 Å². The van der Waals surface area contributed by atoms with Crippen molar-refractivity contribution in [2.45, 2.75) is 38.2 Å². The van der Waals surface area contributed by atoms with Crippen LogP contribution in [0.15, 0.2) is 11.1 Å². The second-order valence-electron chi connectivity index (χ2n) is 4.82. The summed E-state index contributed by atoms with van der Waals surface area (Å²) in [6.45, 7) is 0. The Morgan fingerprint density at radius 1 is 1.29 bits per heavy atom. The van der Waals surface area contributed by atoms with Gasteiger partial charge in [-0.1, -0.05) is 6.07 Å². The summed E-state index contributed by atoms with van der Waals surface area (Å²) >= 11 is 0. The van der Waals surface area contributed by atoms with Gasteiger partial charge in [0.1, 0.15) is 0 Å². The van der Waals surface area contributed by atoms with Crippen LogP contribution in [0.25, 0.3) is 0 Å². The average Bonchev–Trinajstić information content (AvgIpc) is 2.94. The molecule has 0 aliphatic heterocycles. The van der Waals surface area contributed by atoms with Crippen LogP contribution in [0.2, 0.25) is 0 Å². The van der Waals surface area contributed by atoms with E-state index in [9.17, 15) is 4.79 Å². The molecule has 0 heterocycles. The number of benzene rings is 1. The number of ether oxygens (including phenoxy) is 1. The Morgan fingerprint density at radius 2 is 2.18 bits per heavy atom. The monoisotopic (exact) mass is 229 g/mol. The van der Waals surface area contributed by atoms with Crippen LogP contribution in [0.4, 0.5) is 5.69 Å². The molecule has 0 saturated heterocycles. The summed E-state index contributed by atoms with van der Waals surface area (Å²) in [6, 6.07) is 2.29. The van der Waals surface area contributed by atoms with Crippen LogP contribution in [0.3, 0.4) is 0 Å². The van der Waals surface area contributed by atoms with E-state index in [4.69, 9.17) is 4.74 Å². The third-order valence-electron chi connectivity index (χ3n) is 3.94. The Hall–Kier alpha value is -1.44. The largest absolute Gasteiger partial charge is 0.381 e. The van der Waals surface area contributed by atoms with Crippen molar-refractivity contribution in [3.63, 3.8) is 0 Å². The molecule has 17 heavy (non-hydrogen) atoms. The van der Waals surface area contributed by atoms with E-state index in [-0.39, 0.29) is 6.10 Å². The molecule has 3 nitrogen and oxygen atoms in total. The summed E-state index contributed by atoms with van der Waals surface area (Å²) in [5.41, 5.74) is 6.05. The topological polar surface area (TPSA) is 38.7 Å². The number of methoxy groups -OCH3 is 1. The molecular weight excluding hydrogens is 214 g/mol. The highest BCUT2D eigenvalue weighted by atomic mass is 16.5. The fraction of sp³-hybridized carbons (Fsp3) is 0.500. The molecule has 0 spiro atoms. The van der Waals surface area contributed by atoms with Crippen molar-refractivity contribution in [3.8, 4) is 0 Å². The fourth-order valence-corrected chi connectivity index (χ4v) is 3.13. The van der Waals surface area contributed by atoms with Crippen LogP contribution in [-0.4, -0.2) is 19.3 Å². The molecule has 1 aromatic carbocycles. The average molecular weight is 229 g/mol. The first-order chi connectivity index (χ1) is 8.33. The molecule has 0 saturated carbocycles. The van der Waals surface area contributed by atoms with Gasteiger partial charge in [-0.3, -0.25) is 0 Å². The van der Waals surface area contributed by atoms with Crippen molar-refractivity contribution >= 4 is 11.8 Å². The number of rotatable bonds is 2. The molecule has 2 aliphatic carbocycles. The molecule has 3 rings (SSSR count). The van der Waals surface area contributed by atoms with E-state index in [2.05, 4.69) is 11.1 Å². The molecule has 0 aromatic heterocycles. The Bertz CT molecular complexity index is 515. The van der Waals surface area contributed by atoms with Crippen molar-refractivity contribution in [1.82, 2.24) is 0 Å². The van der Waals surface area contributed by atoms with Gasteiger partial charge in [-0.25, -0.2) is 4.79 Å². The number of hydrogen-bond acceptors (Lipinski definition) is 3. The lowest BCUT2D eigenvalue weighted by Crippen LogP contribution is -2.08. The normalized spacial score (nSPS) is 20.9. The molecule has 0 N–H and O–H groups in total. The molecule has 0 radical (unpaired) electrons. The molecule has 3 heteroatoms. The predicted molar refractivity (Wildman–Crippen MR) is 64.5 cm³/mol. The number of aliphatic imine (C=N–C) groups is 1. The first kappa shape index (κ1) is 10.7. The van der Waals surface area contributed by atoms with E-state index in [1.54, 1.807) is 13.2 Å². The molecule has 2 aliphatic rings. The number of isocyanates is 1. The fourth-order valence-electron chi connectivity index (χ4n) is 3.13. The lowest BCUT2D eigenvalue weighted by molar-refractivity contribution is 0.112. The summed E-state index contributed by atoms with van der Waals surface area (Å²) in [6.07, 6.45) is 7.10. The van der Waals surface area contributed by atoms with Crippen molar-refractivity contribution in [1.29, 1.82) is 0 Å². The lowest BCUT2D eigenvalue weighted by atomic mass is 9.99. The summed E-state index contributed by atoms with van der Waals surface area (Å²) in [7, 11) is 1.74. The molecule has 0 amide bonds. The maximum absolute atomic E-state index is 10.6. The van der Waals surface area contributed by atoms with Crippen molar-refractivity contribution < 1.29 is 9.53 Å². The van der Waals surface area contributed by atoms with E-state index in [0.717, 1.165) is 31.4 Å². The van der Waals surface area contributed by atoms with E-state index in [0.29, 0.717) is 0 Å². The van der Waals surface area contributed by atoms with Gasteiger partial charge in [0, 0.05) is 13.5 Å². The second kappa shape index (κ2) is 4.10. The molecule has 88 valence electrons. The van der Waals surface area contributed by atoms with Crippen LogP contribution in [-0.2, 0) is 35.2 Å². The number of carbonyl (C=O) groups excluding carboxylic acids is 1. The highest BCUT2D eigenvalue weighted by Crippen LogP contribution is 2.40. The minimum absolute atomic E-state index is 0.244. The Balaban J connectivity index is 2.16. The van der Waals surface area contributed by atoms with E-state index >= 15 is 0 Å². The van der Waals surface area contributed by atoms with Crippen LogP contribution < -0.4 is 0 Å². The van der Waals surface area contributed by atoms with Crippen LogP contribution in [0, 0.1) is 0 Å². The van der Waals surface area contributed by atoms with E-state index in [1.165, 1.54) is 28.7 Å². The Labute approximate surface area is 101 Å². The first-order valence-corrected chi connectivity index (χ1v) is 6.10. The quantitative estimate of drug-likeness (QED) is 0.576. The third-order valence-corrected chi connectivity index (χ3v) is 3.94. The zero-order valence-corrected chi connectivity index (χ0v) is 9.95. The maximum Gasteiger partial charge on any atom is 0.240 e. The second-order valence-corrected chi connectivity index (χ2v) is 4.82.